The van der Waals surface area contributed by atoms with Crippen LogP contribution in [-0.4, -0.2) is 50.7 Å². The summed E-state index contributed by atoms with van der Waals surface area (Å²) in [6, 6.07) is 9.13. The second-order valence-corrected chi connectivity index (χ2v) is 18.2. The maximum Gasteiger partial charge on any atom is 2.00 e. The maximum absolute atomic E-state index is 12.9. The molecule has 0 amide bonds. The summed E-state index contributed by atoms with van der Waals surface area (Å²) in [7, 11) is 0. The first kappa shape index (κ1) is 43.1. The molecule has 2 atom stereocenters. The molecule has 268 valence electrons. The number of aliphatic imine (C=N–C) groups is 2. The fourth-order valence-electron chi connectivity index (χ4n) is 6.19. The van der Waals surface area contributed by atoms with Crippen molar-refractivity contribution in [1.82, 2.24) is 10.6 Å². The van der Waals surface area contributed by atoms with Gasteiger partial charge in [0.1, 0.15) is 0 Å². The third-order valence-corrected chi connectivity index (χ3v) is 9.52. The van der Waals surface area contributed by atoms with Crippen LogP contribution in [0.1, 0.15) is 155 Å². The van der Waals surface area contributed by atoms with E-state index in [1.807, 2.05) is 12.1 Å². The molecule has 2 heterocycles. The largest absolute Gasteiger partial charge is 2.00 e. The van der Waals surface area contributed by atoms with Gasteiger partial charge in [0.2, 0.25) is 0 Å². The molecule has 0 unspecified atom stereocenters. The van der Waals surface area contributed by atoms with Crippen LogP contribution >= 0.6 is 0 Å². The number of benzene rings is 2. The minimum absolute atomic E-state index is 0. The first-order valence-corrected chi connectivity index (χ1v) is 18.4. The second-order valence-electron chi connectivity index (χ2n) is 18.2. The van der Waals surface area contributed by atoms with Crippen molar-refractivity contribution in [3.8, 4) is 11.5 Å². The molecule has 4 rings (SSSR count). The topological polar surface area (TPSA) is 94.9 Å². The quantitative estimate of drug-likeness (QED) is 0.235. The zero-order valence-electron chi connectivity index (χ0n) is 33.1. The number of hydrogen-bond donors (Lipinski definition) is 2. The van der Waals surface area contributed by atoms with Crippen LogP contribution in [0.3, 0.4) is 0 Å². The van der Waals surface area contributed by atoms with Gasteiger partial charge in [-0.05, 0) is 93.8 Å². The molecule has 0 aromatic heterocycles. The Hall–Kier alpha value is -2.08. The molecule has 6 nitrogen and oxygen atoms in total. The zero-order valence-corrected chi connectivity index (χ0v) is 36.1. The van der Waals surface area contributed by atoms with Crippen LogP contribution in [0.4, 0.5) is 0 Å². The molecule has 2 saturated heterocycles. The van der Waals surface area contributed by atoms with Crippen molar-refractivity contribution in [2.75, 3.05) is 26.2 Å². The summed E-state index contributed by atoms with van der Waals surface area (Å²) in [5.41, 5.74) is 5.32. The molecule has 0 aliphatic carbocycles. The first-order valence-electron chi connectivity index (χ1n) is 18.4. The summed E-state index contributed by atoms with van der Waals surface area (Å²) in [5.74, 6) is 0.242. The van der Waals surface area contributed by atoms with Gasteiger partial charge >= 0.3 is 19.5 Å². The second kappa shape index (κ2) is 17.9. The molecule has 2 aliphatic heterocycles. The van der Waals surface area contributed by atoms with Gasteiger partial charge in [-0.25, -0.2) is 0 Å². The van der Waals surface area contributed by atoms with E-state index in [-0.39, 0.29) is 52.6 Å². The SMILES string of the molecule is CC(C)(C)c1cc(C=NC[C@H]2CCCCN2)c([O-])c(C(C)(C)C)c1.CC(C)(C)c1cc(C=NC[C@H]2CCCCN2)c([O-])c(C(C)(C)C)c1.[Zn+2]. The van der Waals surface area contributed by atoms with Crippen LogP contribution in [0.15, 0.2) is 34.3 Å². The average molecular weight is 724 g/mol. The molecule has 2 aromatic carbocycles. The maximum atomic E-state index is 12.9. The molecule has 0 spiro atoms. The van der Waals surface area contributed by atoms with Crippen molar-refractivity contribution in [3.05, 3.63) is 57.6 Å². The first-order chi connectivity index (χ1) is 22.2. The number of nitrogens with one attached hydrogen (secondary N) is 2. The molecule has 0 bridgehead atoms. The Labute approximate surface area is 312 Å². The van der Waals surface area contributed by atoms with E-state index in [1.54, 1.807) is 12.4 Å². The van der Waals surface area contributed by atoms with Crippen LogP contribution in [0, 0.1) is 0 Å². The Bertz CT molecular complexity index is 1280. The molecule has 2 aromatic rings. The van der Waals surface area contributed by atoms with Crippen molar-refractivity contribution in [1.29, 1.82) is 0 Å². The Morgan fingerprint density at radius 2 is 0.918 bits per heavy atom. The fraction of sp³-hybridized carbons (Fsp3) is 0.667. The van der Waals surface area contributed by atoms with E-state index >= 15 is 0 Å². The van der Waals surface area contributed by atoms with E-state index in [2.05, 4.69) is 116 Å². The summed E-state index contributed by atoms with van der Waals surface area (Å²) in [6.45, 7) is 29.4. The zero-order chi connectivity index (χ0) is 35.9. The van der Waals surface area contributed by atoms with Crippen molar-refractivity contribution in [2.24, 2.45) is 9.98 Å². The van der Waals surface area contributed by atoms with Gasteiger partial charge in [-0.15, -0.1) is 0 Å². The van der Waals surface area contributed by atoms with Gasteiger partial charge in [0.25, 0.3) is 0 Å². The van der Waals surface area contributed by atoms with Gasteiger partial charge < -0.3 is 20.8 Å². The third-order valence-electron chi connectivity index (χ3n) is 9.52. The number of hydrogen-bond acceptors (Lipinski definition) is 6. The Balaban J connectivity index is 0.000000333. The number of piperidine rings is 2. The summed E-state index contributed by atoms with van der Waals surface area (Å²) in [4.78, 5) is 9.17. The standard InChI is InChI=1S/2C21H34N2O.Zn/c2*1-20(2,3)16-11-15(19(24)18(12-16)21(4,5)6)13-22-14-17-9-7-8-10-23-17;/h2*11-13,17,23-24H,7-10,14H2,1-6H3;/q;;+2/p-2/t2*17-;/m11./s1. The summed E-state index contributed by atoms with van der Waals surface area (Å²) in [5, 5.41) is 32.7. The smallest absolute Gasteiger partial charge is 0.872 e. The summed E-state index contributed by atoms with van der Waals surface area (Å²) in [6.07, 6.45) is 11.0. The molecule has 7 heteroatoms. The number of rotatable bonds is 6. The van der Waals surface area contributed by atoms with Crippen LogP contribution in [0.25, 0.3) is 0 Å². The molecular weight excluding hydrogens is 658 g/mol. The normalized spacial score (nSPS) is 19.4. The van der Waals surface area contributed by atoms with E-state index < -0.39 is 0 Å². The Morgan fingerprint density at radius 3 is 1.18 bits per heavy atom. The predicted molar refractivity (Wildman–Crippen MR) is 203 cm³/mol. The van der Waals surface area contributed by atoms with Crippen LogP contribution in [0.5, 0.6) is 11.5 Å². The number of nitrogens with zero attached hydrogens (tertiary/aromatic N) is 2. The molecule has 0 radical (unpaired) electrons. The molecule has 0 saturated carbocycles. The van der Waals surface area contributed by atoms with E-state index in [1.165, 1.54) is 49.7 Å². The molecule has 49 heavy (non-hydrogen) atoms. The minimum atomic E-state index is -0.161. The van der Waals surface area contributed by atoms with Gasteiger partial charge in [-0.1, -0.05) is 132 Å². The fourth-order valence-corrected chi connectivity index (χ4v) is 6.19. The van der Waals surface area contributed by atoms with Gasteiger partial charge in [0.15, 0.2) is 0 Å². The van der Waals surface area contributed by atoms with E-state index in [0.29, 0.717) is 12.1 Å². The molecular formula is C42H66N4O2Zn. The van der Waals surface area contributed by atoms with Crippen molar-refractivity contribution in [3.63, 3.8) is 0 Å². The minimum Gasteiger partial charge on any atom is -0.872 e. The predicted octanol–water partition coefficient (Wildman–Crippen LogP) is 7.83. The van der Waals surface area contributed by atoms with E-state index in [0.717, 1.165) is 48.4 Å². The van der Waals surface area contributed by atoms with E-state index in [4.69, 9.17) is 0 Å². The van der Waals surface area contributed by atoms with Gasteiger partial charge in [-0.2, -0.15) is 0 Å². The van der Waals surface area contributed by atoms with Crippen molar-refractivity contribution in [2.45, 2.75) is 155 Å². The third kappa shape index (κ3) is 13.2. The summed E-state index contributed by atoms with van der Waals surface area (Å²) < 4.78 is 0. The van der Waals surface area contributed by atoms with E-state index in [9.17, 15) is 10.2 Å². The molecule has 2 N–H and O–H groups in total. The van der Waals surface area contributed by atoms with Crippen molar-refractivity contribution >= 4 is 12.4 Å². The van der Waals surface area contributed by atoms with Crippen LogP contribution in [0.2, 0.25) is 0 Å². The van der Waals surface area contributed by atoms with Crippen molar-refractivity contribution < 1.29 is 29.7 Å². The average Bonchev–Trinajstić information content (AvgIpc) is 2.98. The van der Waals surface area contributed by atoms with Gasteiger partial charge in [-0.3, -0.25) is 9.98 Å². The Morgan fingerprint density at radius 1 is 0.571 bits per heavy atom. The summed E-state index contributed by atoms with van der Waals surface area (Å²) >= 11 is 0. The van der Waals surface area contributed by atoms with Crippen LogP contribution < -0.4 is 20.8 Å². The monoisotopic (exact) mass is 722 g/mol. The van der Waals surface area contributed by atoms with Gasteiger partial charge in [0, 0.05) is 24.5 Å². The molecule has 2 fully saturated rings. The van der Waals surface area contributed by atoms with Gasteiger partial charge in [0.05, 0.1) is 13.1 Å². The Kier molecular flexibility index (Phi) is 15.8. The van der Waals surface area contributed by atoms with Crippen LogP contribution in [-0.2, 0) is 41.1 Å². The molecule has 2 aliphatic rings.